The molecule has 0 aromatic rings. The molecule has 0 N–H and O–H groups in total. The fraction of sp³-hybridized carbons (Fsp3) is 0.700. The van der Waals surface area contributed by atoms with Crippen LogP contribution in [0.15, 0.2) is 12.7 Å². The van der Waals surface area contributed by atoms with Crippen molar-refractivity contribution in [3.05, 3.63) is 12.7 Å². The van der Waals surface area contributed by atoms with Gasteiger partial charge < -0.3 is 4.74 Å². The van der Waals surface area contributed by atoms with Crippen molar-refractivity contribution in [3.8, 4) is 0 Å². The van der Waals surface area contributed by atoms with Crippen LogP contribution in [0.5, 0.6) is 0 Å². The van der Waals surface area contributed by atoms with E-state index in [4.69, 9.17) is 16.3 Å². The second-order valence-corrected chi connectivity index (χ2v) is 3.61. The van der Waals surface area contributed by atoms with Crippen molar-refractivity contribution in [1.82, 2.24) is 0 Å². The highest BCUT2D eigenvalue weighted by Crippen LogP contribution is 2.15. The number of esters is 1. The average molecular weight is 205 g/mol. The molecule has 0 unspecified atom stereocenters. The molecule has 0 aliphatic carbocycles. The third-order valence-electron chi connectivity index (χ3n) is 1.98. The molecular weight excluding hydrogens is 188 g/mol. The maximum atomic E-state index is 10.8. The van der Waals surface area contributed by atoms with E-state index >= 15 is 0 Å². The standard InChI is InChI=1S/C10H17ClO2/c1-4-5-9(8(2)3)7-13-10(12)6-11/h4,8-9H,1,5-7H2,2-3H3/t9-/m1/s1. The molecule has 0 saturated carbocycles. The quantitative estimate of drug-likeness (QED) is 0.378. The van der Waals surface area contributed by atoms with Crippen molar-refractivity contribution in [2.45, 2.75) is 20.3 Å². The zero-order valence-electron chi connectivity index (χ0n) is 8.25. The first-order chi connectivity index (χ1) is 6.11. The highest BCUT2D eigenvalue weighted by atomic mass is 35.5. The van der Waals surface area contributed by atoms with Crippen molar-refractivity contribution in [2.75, 3.05) is 12.5 Å². The summed E-state index contributed by atoms with van der Waals surface area (Å²) in [6.45, 7) is 8.30. The van der Waals surface area contributed by atoms with Crippen LogP contribution in [0.4, 0.5) is 0 Å². The summed E-state index contributed by atoms with van der Waals surface area (Å²) in [7, 11) is 0. The molecule has 1 atom stereocenters. The Kier molecular flexibility index (Phi) is 6.69. The van der Waals surface area contributed by atoms with E-state index in [1.165, 1.54) is 0 Å². The van der Waals surface area contributed by atoms with Gasteiger partial charge in [0.15, 0.2) is 0 Å². The minimum atomic E-state index is -0.351. The number of carbonyl (C=O) groups is 1. The molecule has 13 heavy (non-hydrogen) atoms. The number of hydrogen-bond acceptors (Lipinski definition) is 2. The van der Waals surface area contributed by atoms with Crippen LogP contribution in [0.25, 0.3) is 0 Å². The van der Waals surface area contributed by atoms with Gasteiger partial charge in [0, 0.05) is 0 Å². The Morgan fingerprint density at radius 1 is 1.62 bits per heavy atom. The molecule has 0 fully saturated rings. The second-order valence-electron chi connectivity index (χ2n) is 3.35. The Morgan fingerprint density at radius 3 is 2.62 bits per heavy atom. The molecule has 0 aromatic heterocycles. The van der Waals surface area contributed by atoms with E-state index in [0.717, 1.165) is 6.42 Å². The molecule has 76 valence electrons. The van der Waals surface area contributed by atoms with Crippen LogP contribution in [-0.4, -0.2) is 18.5 Å². The fourth-order valence-electron chi connectivity index (χ4n) is 0.985. The lowest BCUT2D eigenvalue weighted by molar-refractivity contribution is -0.142. The summed E-state index contributed by atoms with van der Waals surface area (Å²) in [5.74, 6) is 0.418. The predicted octanol–water partition coefficient (Wildman–Crippen LogP) is 2.62. The Bertz CT molecular complexity index is 166. The second kappa shape index (κ2) is 6.96. The zero-order chi connectivity index (χ0) is 10.3. The summed E-state index contributed by atoms with van der Waals surface area (Å²) in [6, 6.07) is 0. The van der Waals surface area contributed by atoms with E-state index < -0.39 is 0 Å². The largest absolute Gasteiger partial charge is 0.464 e. The molecule has 0 aliphatic rings. The van der Waals surface area contributed by atoms with E-state index in [1.807, 2.05) is 6.08 Å². The molecule has 0 bridgehead atoms. The molecule has 0 saturated heterocycles. The first-order valence-electron chi connectivity index (χ1n) is 4.44. The zero-order valence-corrected chi connectivity index (χ0v) is 9.01. The van der Waals surface area contributed by atoms with Crippen LogP contribution in [0.3, 0.4) is 0 Å². The number of alkyl halides is 1. The van der Waals surface area contributed by atoms with Gasteiger partial charge in [0.25, 0.3) is 0 Å². The first kappa shape index (κ1) is 12.5. The van der Waals surface area contributed by atoms with Gasteiger partial charge in [0.1, 0.15) is 5.88 Å². The Labute approximate surface area is 84.9 Å². The van der Waals surface area contributed by atoms with Gasteiger partial charge in [-0.1, -0.05) is 19.9 Å². The van der Waals surface area contributed by atoms with Crippen molar-refractivity contribution in [2.24, 2.45) is 11.8 Å². The van der Waals surface area contributed by atoms with Gasteiger partial charge in [-0.15, -0.1) is 18.2 Å². The monoisotopic (exact) mass is 204 g/mol. The van der Waals surface area contributed by atoms with Crippen LogP contribution in [0.1, 0.15) is 20.3 Å². The van der Waals surface area contributed by atoms with Crippen LogP contribution < -0.4 is 0 Å². The SMILES string of the molecule is C=CC[C@H](COC(=O)CCl)C(C)C. The number of ether oxygens (including phenoxy) is 1. The van der Waals surface area contributed by atoms with E-state index in [2.05, 4.69) is 20.4 Å². The first-order valence-corrected chi connectivity index (χ1v) is 4.97. The number of halogens is 1. The number of rotatable bonds is 6. The van der Waals surface area contributed by atoms with Gasteiger partial charge in [-0.3, -0.25) is 4.79 Å². The smallest absolute Gasteiger partial charge is 0.320 e. The lowest BCUT2D eigenvalue weighted by atomic mass is 9.93. The molecule has 0 heterocycles. The molecule has 0 aromatic carbocycles. The summed E-state index contributed by atoms with van der Waals surface area (Å²) < 4.78 is 4.95. The van der Waals surface area contributed by atoms with Crippen LogP contribution in [-0.2, 0) is 9.53 Å². The van der Waals surface area contributed by atoms with Gasteiger partial charge in [0.05, 0.1) is 6.61 Å². The lowest BCUT2D eigenvalue weighted by Crippen LogP contribution is -2.18. The Morgan fingerprint density at radius 2 is 2.23 bits per heavy atom. The number of carbonyl (C=O) groups excluding carboxylic acids is 1. The minimum Gasteiger partial charge on any atom is -0.464 e. The van der Waals surface area contributed by atoms with Crippen LogP contribution in [0, 0.1) is 11.8 Å². The molecule has 2 nitrogen and oxygen atoms in total. The van der Waals surface area contributed by atoms with Gasteiger partial charge >= 0.3 is 5.97 Å². The van der Waals surface area contributed by atoms with Crippen molar-refractivity contribution >= 4 is 17.6 Å². The van der Waals surface area contributed by atoms with E-state index in [-0.39, 0.29) is 11.8 Å². The summed E-state index contributed by atoms with van der Waals surface area (Å²) in [5.41, 5.74) is 0. The Hall–Kier alpha value is -0.500. The van der Waals surface area contributed by atoms with E-state index in [1.54, 1.807) is 0 Å². The number of allylic oxidation sites excluding steroid dienone is 1. The fourth-order valence-corrected chi connectivity index (χ4v) is 1.06. The van der Waals surface area contributed by atoms with Gasteiger partial charge in [0.2, 0.25) is 0 Å². The lowest BCUT2D eigenvalue weighted by Gasteiger charge is -2.18. The maximum absolute atomic E-state index is 10.8. The third kappa shape index (κ3) is 5.69. The highest BCUT2D eigenvalue weighted by molar-refractivity contribution is 6.26. The predicted molar refractivity (Wildman–Crippen MR) is 54.8 cm³/mol. The van der Waals surface area contributed by atoms with Crippen LogP contribution >= 0.6 is 11.6 Å². The summed E-state index contributed by atoms with van der Waals surface area (Å²) in [5, 5.41) is 0. The van der Waals surface area contributed by atoms with Gasteiger partial charge in [-0.2, -0.15) is 0 Å². The van der Waals surface area contributed by atoms with Crippen molar-refractivity contribution in [1.29, 1.82) is 0 Å². The molecule has 0 rings (SSSR count). The highest BCUT2D eigenvalue weighted by Gasteiger charge is 2.13. The third-order valence-corrected chi connectivity index (χ3v) is 2.20. The van der Waals surface area contributed by atoms with Crippen LogP contribution in [0.2, 0.25) is 0 Å². The molecule has 0 spiro atoms. The summed E-state index contributed by atoms with van der Waals surface area (Å²) >= 11 is 5.30. The molecular formula is C10H17ClO2. The normalized spacial score (nSPS) is 12.6. The van der Waals surface area contributed by atoms with Crippen molar-refractivity contribution in [3.63, 3.8) is 0 Å². The average Bonchev–Trinajstić information content (AvgIpc) is 2.11. The molecule has 0 aliphatic heterocycles. The molecule has 3 heteroatoms. The van der Waals surface area contributed by atoms with Gasteiger partial charge in [-0.05, 0) is 18.3 Å². The van der Waals surface area contributed by atoms with E-state index in [9.17, 15) is 4.79 Å². The minimum absolute atomic E-state index is 0.0705. The Balaban J connectivity index is 3.81. The molecule has 0 radical (unpaired) electrons. The topological polar surface area (TPSA) is 26.3 Å². The number of hydrogen-bond donors (Lipinski definition) is 0. The van der Waals surface area contributed by atoms with E-state index in [0.29, 0.717) is 18.4 Å². The molecule has 0 amide bonds. The summed E-state index contributed by atoms with van der Waals surface area (Å²) in [6.07, 6.45) is 2.71. The maximum Gasteiger partial charge on any atom is 0.320 e. The summed E-state index contributed by atoms with van der Waals surface area (Å²) in [4.78, 5) is 10.8. The van der Waals surface area contributed by atoms with Crippen molar-refractivity contribution < 1.29 is 9.53 Å². The van der Waals surface area contributed by atoms with Gasteiger partial charge in [-0.25, -0.2) is 0 Å².